The molecule has 4 heteroatoms. The maximum absolute atomic E-state index is 10.2. The summed E-state index contributed by atoms with van der Waals surface area (Å²) < 4.78 is 0. The monoisotopic (exact) mass is 316 g/mol. The summed E-state index contributed by atoms with van der Waals surface area (Å²) in [5, 5.41) is 19.7. The molecule has 0 fully saturated rings. The average molecular weight is 316 g/mol. The van der Waals surface area contributed by atoms with E-state index in [1.54, 1.807) is 0 Å². The van der Waals surface area contributed by atoms with Gasteiger partial charge in [0, 0.05) is 5.97 Å². The van der Waals surface area contributed by atoms with Crippen molar-refractivity contribution in [3.05, 3.63) is 36.5 Å². The Bertz CT molecular complexity index is 335. The number of carbonyl (C=O) groups is 1. The van der Waals surface area contributed by atoms with Crippen LogP contribution in [-0.4, -0.2) is 17.2 Å². The third kappa shape index (κ3) is 19.7. The largest absolute Gasteiger partial charge is 1.00 e. The van der Waals surface area contributed by atoms with Gasteiger partial charge in [0.1, 0.15) is 0 Å². The standard InChI is InChI=1S/C18H30O3.Na/c1-2-14-17(19)15-12-10-8-6-4-3-5-7-9-11-13-16-18(20)21;/h4-7,10,12,17,19H,2-3,8-9,11,13-16H2,1H3,(H,20,21);/q;+1/p-1/b6-4-,7-5-,12-10-;. The first-order valence-electron chi connectivity index (χ1n) is 7.99. The summed E-state index contributed by atoms with van der Waals surface area (Å²) in [6.45, 7) is 2.08. The number of allylic oxidation sites excluding steroid dienone is 5. The molecule has 0 aliphatic heterocycles. The SMILES string of the molecule is CCCC(O)C/C=C\C/C=C\C/C=C\CCCCC(=O)[O-].[Na+]. The normalized spacial score (nSPS) is 13.0. The molecule has 0 spiro atoms. The van der Waals surface area contributed by atoms with Crippen LogP contribution in [0.25, 0.3) is 0 Å². The Labute approximate surface area is 157 Å². The van der Waals surface area contributed by atoms with Crippen LogP contribution in [0.15, 0.2) is 36.5 Å². The molecule has 0 radical (unpaired) electrons. The van der Waals surface area contributed by atoms with Gasteiger partial charge >= 0.3 is 29.6 Å². The van der Waals surface area contributed by atoms with Gasteiger partial charge in [0.15, 0.2) is 0 Å². The molecule has 0 aliphatic rings. The van der Waals surface area contributed by atoms with Crippen LogP contribution in [0.5, 0.6) is 0 Å². The van der Waals surface area contributed by atoms with Gasteiger partial charge in [0.2, 0.25) is 0 Å². The first-order chi connectivity index (χ1) is 10.2. The van der Waals surface area contributed by atoms with Gasteiger partial charge in [-0.1, -0.05) is 49.8 Å². The Kier molecular flexibility index (Phi) is 20.3. The molecule has 0 bridgehead atoms. The van der Waals surface area contributed by atoms with E-state index >= 15 is 0 Å². The van der Waals surface area contributed by atoms with Gasteiger partial charge in [-0.3, -0.25) is 0 Å². The van der Waals surface area contributed by atoms with Gasteiger partial charge in [0.25, 0.3) is 0 Å². The van der Waals surface area contributed by atoms with E-state index in [0.717, 1.165) is 44.9 Å². The second-order valence-electron chi connectivity index (χ2n) is 5.18. The molecular formula is C18H29NaO3. The van der Waals surface area contributed by atoms with Gasteiger partial charge in [-0.15, -0.1) is 0 Å². The average Bonchev–Trinajstić information content (AvgIpc) is 2.44. The molecule has 1 atom stereocenters. The zero-order valence-electron chi connectivity index (χ0n) is 14.2. The first kappa shape index (κ1) is 23.9. The number of hydrogen-bond acceptors (Lipinski definition) is 3. The van der Waals surface area contributed by atoms with E-state index in [0.29, 0.717) is 6.42 Å². The van der Waals surface area contributed by atoms with Crippen molar-refractivity contribution in [1.29, 1.82) is 0 Å². The third-order valence-corrected chi connectivity index (χ3v) is 3.08. The minimum atomic E-state index is -0.961. The smallest absolute Gasteiger partial charge is 0.550 e. The van der Waals surface area contributed by atoms with Crippen molar-refractivity contribution >= 4 is 5.97 Å². The number of rotatable bonds is 13. The van der Waals surface area contributed by atoms with Crippen molar-refractivity contribution in [2.24, 2.45) is 0 Å². The fourth-order valence-electron chi connectivity index (χ4n) is 1.90. The molecule has 22 heavy (non-hydrogen) atoms. The van der Waals surface area contributed by atoms with Crippen molar-refractivity contribution in [2.75, 3.05) is 0 Å². The quantitative estimate of drug-likeness (QED) is 0.302. The Morgan fingerprint density at radius 1 is 1.05 bits per heavy atom. The Balaban J connectivity index is 0. The topological polar surface area (TPSA) is 60.4 Å². The first-order valence-corrected chi connectivity index (χ1v) is 7.99. The fraction of sp³-hybridized carbons (Fsp3) is 0.611. The number of hydrogen-bond donors (Lipinski definition) is 1. The molecule has 0 rings (SSSR count). The summed E-state index contributed by atoms with van der Waals surface area (Å²) in [5.41, 5.74) is 0. The molecule has 0 saturated carbocycles. The summed E-state index contributed by atoms with van der Waals surface area (Å²) in [4.78, 5) is 10.2. The van der Waals surface area contributed by atoms with Crippen LogP contribution in [0.4, 0.5) is 0 Å². The van der Waals surface area contributed by atoms with E-state index in [1.165, 1.54) is 0 Å². The molecule has 0 heterocycles. The van der Waals surface area contributed by atoms with E-state index in [4.69, 9.17) is 0 Å². The van der Waals surface area contributed by atoms with Crippen molar-refractivity contribution in [2.45, 2.75) is 70.8 Å². The van der Waals surface area contributed by atoms with E-state index in [9.17, 15) is 15.0 Å². The third-order valence-electron chi connectivity index (χ3n) is 3.08. The number of carboxylic acid groups (broad SMARTS) is 1. The van der Waals surface area contributed by atoms with Crippen molar-refractivity contribution < 1.29 is 44.6 Å². The van der Waals surface area contributed by atoms with Crippen LogP contribution < -0.4 is 34.7 Å². The Morgan fingerprint density at radius 3 is 2.23 bits per heavy atom. The van der Waals surface area contributed by atoms with Gasteiger partial charge in [-0.25, -0.2) is 0 Å². The van der Waals surface area contributed by atoms with Crippen molar-refractivity contribution in [1.82, 2.24) is 0 Å². The summed E-state index contributed by atoms with van der Waals surface area (Å²) in [7, 11) is 0. The Hall–Kier alpha value is -0.350. The maximum Gasteiger partial charge on any atom is 1.00 e. The molecule has 0 amide bonds. The van der Waals surface area contributed by atoms with Crippen LogP contribution in [0.2, 0.25) is 0 Å². The minimum Gasteiger partial charge on any atom is -0.550 e. The zero-order valence-corrected chi connectivity index (χ0v) is 16.2. The van der Waals surface area contributed by atoms with E-state index in [2.05, 4.69) is 37.3 Å². The number of aliphatic carboxylic acids is 1. The number of carbonyl (C=O) groups excluding carboxylic acids is 1. The molecule has 0 aromatic heterocycles. The van der Waals surface area contributed by atoms with E-state index in [1.807, 2.05) is 6.08 Å². The van der Waals surface area contributed by atoms with Crippen LogP contribution in [0.3, 0.4) is 0 Å². The molecular weight excluding hydrogens is 287 g/mol. The zero-order chi connectivity index (χ0) is 15.8. The van der Waals surface area contributed by atoms with Crippen LogP contribution in [-0.2, 0) is 4.79 Å². The van der Waals surface area contributed by atoms with Gasteiger partial charge in [-0.05, 0) is 51.4 Å². The molecule has 3 nitrogen and oxygen atoms in total. The molecule has 1 N–H and O–H groups in total. The molecule has 0 saturated heterocycles. The molecule has 0 aromatic rings. The number of aliphatic hydroxyl groups is 1. The predicted octanol–water partition coefficient (Wildman–Crippen LogP) is 0.301. The number of aliphatic hydroxyl groups excluding tert-OH is 1. The van der Waals surface area contributed by atoms with E-state index in [-0.39, 0.29) is 42.1 Å². The number of carboxylic acids is 1. The van der Waals surface area contributed by atoms with Gasteiger partial charge < -0.3 is 15.0 Å². The van der Waals surface area contributed by atoms with Crippen LogP contribution in [0.1, 0.15) is 64.7 Å². The summed E-state index contributed by atoms with van der Waals surface area (Å²) in [5.74, 6) is -0.961. The van der Waals surface area contributed by atoms with Crippen molar-refractivity contribution in [3.63, 3.8) is 0 Å². The maximum atomic E-state index is 10.2. The second-order valence-corrected chi connectivity index (χ2v) is 5.18. The minimum absolute atomic E-state index is 0. The van der Waals surface area contributed by atoms with E-state index < -0.39 is 5.97 Å². The Morgan fingerprint density at radius 2 is 1.64 bits per heavy atom. The van der Waals surface area contributed by atoms with Crippen LogP contribution >= 0.6 is 0 Å². The van der Waals surface area contributed by atoms with Gasteiger partial charge in [-0.2, -0.15) is 0 Å². The summed E-state index contributed by atoms with van der Waals surface area (Å²) >= 11 is 0. The number of unbranched alkanes of at least 4 members (excludes halogenated alkanes) is 2. The molecule has 1 unspecified atom stereocenters. The molecule has 0 aromatic carbocycles. The summed E-state index contributed by atoms with van der Waals surface area (Å²) in [6.07, 6.45) is 19.5. The van der Waals surface area contributed by atoms with Crippen LogP contribution in [0, 0.1) is 0 Å². The van der Waals surface area contributed by atoms with Crippen molar-refractivity contribution in [3.8, 4) is 0 Å². The summed E-state index contributed by atoms with van der Waals surface area (Å²) in [6, 6.07) is 0. The predicted molar refractivity (Wildman–Crippen MR) is 85.7 cm³/mol. The molecule has 120 valence electrons. The fourth-order valence-corrected chi connectivity index (χ4v) is 1.90. The second kappa shape index (κ2) is 18.7. The van der Waals surface area contributed by atoms with Gasteiger partial charge in [0.05, 0.1) is 6.10 Å². The molecule has 0 aliphatic carbocycles.